The highest BCUT2D eigenvalue weighted by Crippen LogP contribution is 2.45. The summed E-state index contributed by atoms with van der Waals surface area (Å²) in [6.45, 7) is 7.09. The highest BCUT2D eigenvalue weighted by molar-refractivity contribution is 5.02. The standard InChI is InChI=1S/C17H30O/c1-4-13-6-7-15(10-12(13)3)17-9-8-16(18)11-14(17)5-2/h8,12-15,17-18H,4-7,9-11H2,1-3H3. The molecule has 1 heteroatoms. The molecule has 1 nitrogen and oxygen atoms in total. The maximum atomic E-state index is 9.72. The third-order valence-corrected chi connectivity index (χ3v) is 5.74. The van der Waals surface area contributed by atoms with Gasteiger partial charge in [0.25, 0.3) is 0 Å². The first-order chi connectivity index (χ1) is 8.65. The molecule has 1 saturated carbocycles. The number of aliphatic hydroxyl groups excluding tert-OH is 1. The Morgan fingerprint density at radius 2 is 1.89 bits per heavy atom. The molecule has 0 radical (unpaired) electrons. The summed E-state index contributed by atoms with van der Waals surface area (Å²) < 4.78 is 0. The van der Waals surface area contributed by atoms with Crippen LogP contribution in [0, 0.1) is 29.6 Å². The molecule has 0 saturated heterocycles. The minimum atomic E-state index is 0.647. The monoisotopic (exact) mass is 250 g/mol. The van der Waals surface area contributed by atoms with Gasteiger partial charge in [0.05, 0.1) is 5.76 Å². The first-order valence-electron chi connectivity index (χ1n) is 8.03. The molecule has 18 heavy (non-hydrogen) atoms. The molecule has 0 spiro atoms. The van der Waals surface area contributed by atoms with Gasteiger partial charge in [-0.15, -0.1) is 0 Å². The van der Waals surface area contributed by atoms with Crippen LogP contribution in [0.2, 0.25) is 0 Å². The van der Waals surface area contributed by atoms with Crippen LogP contribution in [0.3, 0.4) is 0 Å². The van der Waals surface area contributed by atoms with Gasteiger partial charge in [0.2, 0.25) is 0 Å². The van der Waals surface area contributed by atoms with Crippen molar-refractivity contribution in [2.45, 2.75) is 65.7 Å². The fourth-order valence-electron chi connectivity index (χ4n) is 4.49. The fourth-order valence-corrected chi connectivity index (χ4v) is 4.49. The minimum absolute atomic E-state index is 0.647. The molecule has 0 aromatic carbocycles. The van der Waals surface area contributed by atoms with E-state index < -0.39 is 0 Å². The molecule has 0 bridgehead atoms. The predicted octanol–water partition coefficient (Wildman–Crippen LogP) is 5.33. The SMILES string of the molecule is CCC1CCC(C2CC=C(O)CC2CC)CC1C. The van der Waals surface area contributed by atoms with Crippen LogP contribution in [-0.4, -0.2) is 5.11 Å². The molecule has 104 valence electrons. The van der Waals surface area contributed by atoms with Crippen molar-refractivity contribution < 1.29 is 5.11 Å². The Morgan fingerprint density at radius 3 is 2.50 bits per heavy atom. The molecule has 1 N–H and O–H groups in total. The second-order valence-electron chi connectivity index (χ2n) is 6.69. The van der Waals surface area contributed by atoms with Gasteiger partial charge in [0, 0.05) is 6.42 Å². The Bertz CT molecular complexity index is 294. The summed E-state index contributed by atoms with van der Waals surface area (Å²) in [5, 5.41) is 9.72. The third kappa shape index (κ3) is 2.92. The average molecular weight is 250 g/mol. The van der Waals surface area contributed by atoms with Crippen molar-refractivity contribution in [2.24, 2.45) is 29.6 Å². The second-order valence-corrected chi connectivity index (χ2v) is 6.69. The van der Waals surface area contributed by atoms with Crippen LogP contribution in [0.15, 0.2) is 11.8 Å². The second kappa shape index (κ2) is 6.12. The van der Waals surface area contributed by atoms with E-state index in [0.29, 0.717) is 5.76 Å². The van der Waals surface area contributed by atoms with Gasteiger partial charge in [-0.1, -0.05) is 33.6 Å². The maximum Gasteiger partial charge on any atom is 0.0885 e. The molecule has 1 fully saturated rings. The van der Waals surface area contributed by atoms with Gasteiger partial charge in [-0.2, -0.15) is 0 Å². The summed E-state index contributed by atoms with van der Waals surface area (Å²) in [5.74, 6) is 5.00. The van der Waals surface area contributed by atoms with Crippen molar-refractivity contribution in [1.29, 1.82) is 0 Å². The number of rotatable bonds is 3. The average Bonchev–Trinajstić information content (AvgIpc) is 2.38. The van der Waals surface area contributed by atoms with Crippen LogP contribution >= 0.6 is 0 Å². The van der Waals surface area contributed by atoms with Gasteiger partial charge in [0.15, 0.2) is 0 Å². The molecule has 0 aromatic heterocycles. The van der Waals surface area contributed by atoms with Crippen molar-refractivity contribution in [3.63, 3.8) is 0 Å². The molecule has 0 aliphatic heterocycles. The topological polar surface area (TPSA) is 20.2 Å². The number of aliphatic hydroxyl groups is 1. The molecule has 0 heterocycles. The van der Waals surface area contributed by atoms with Gasteiger partial charge in [-0.05, 0) is 61.3 Å². The van der Waals surface area contributed by atoms with Crippen molar-refractivity contribution in [1.82, 2.24) is 0 Å². The molecule has 2 rings (SSSR count). The van der Waals surface area contributed by atoms with Gasteiger partial charge in [-0.25, -0.2) is 0 Å². The molecule has 0 aromatic rings. The Balaban J connectivity index is 1.99. The van der Waals surface area contributed by atoms with Crippen LogP contribution in [0.5, 0.6) is 0 Å². The largest absolute Gasteiger partial charge is 0.513 e. The van der Waals surface area contributed by atoms with Crippen LogP contribution in [0.4, 0.5) is 0 Å². The summed E-state index contributed by atoms with van der Waals surface area (Å²) in [6.07, 6.45) is 11.0. The highest BCUT2D eigenvalue weighted by atomic mass is 16.3. The van der Waals surface area contributed by atoms with Gasteiger partial charge in [0.1, 0.15) is 0 Å². The van der Waals surface area contributed by atoms with Gasteiger partial charge in [-0.3, -0.25) is 0 Å². The zero-order valence-corrected chi connectivity index (χ0v) is 12.4. The van der Waals surface area contributed by atoms with Gasteiger partial charge >= 0.3 is 0 Å². The molecular formula is C17H30O. The van der Waals surface area contributed by atoms with E-state index in [2.05, 4.69) is 26.8 Å². The third-order valence-electron chi connectivity index (χ3n) is 5.74. The lowest BCUT2D eigenvalue weighted by Crippen LogP contribution is -2.32. The van der Waals surface area contributed by atoms with Crippen molar-refractivity contribution >= 4 is 0 Å². The van der Waals surface area contributed by atoms with E-state index in [1.54, 1.807) is 0 Å². The smallest absolute Gasteiger partial charge is 0.0885 e. The van der Waals surface area contributed by atoms with Crippen LogP contribution in [-0.2, 0) is 0 Å². The van der Waals surface area contributed by atoms with Crippen molar-refractivity contribution in [2.75, 3.05) is 0 Å². The number of allylic oxidation sites excluding steroid dienone is 2. The Hall–Kier alpha value is -0.460. The Kier molecular flexibility index (Phi) is 4.75. The molecule has 0 amide bonds. The summed E-state index contributed by atoms with van der Waals surface area (Å²) >= 11 is 0. The fraction of sp³-hybridized carbons (Fsp3) is 0.882. The van der Waals surface area contributed by atoms with Gasteiger partial charge < -0.3 is 5.11 Å². The highest BCUT2D eigenvalue weighted by Gasteiger charge is 2.35. The van der Waals surface area contributed by atoms with E-state index in [1.165, 1.54) is 32.1 Å². The summed E-state index contributed by atoms with van der Waals surface area (Å²) in [7, 11) is 0. The lowest BCUT2D eigenvalue weighted by Gasteiger charge is -2.41. The molecule has 5 unspecified atom stereocenters. The maximum absolute atomic E-state index is 9.72. The van der Waals surface area contributed by atoms with E-state index in [0.717, 1.165) is 42.4 Å². The van der Waals surface area contributed by atoms with E-state index >= 15 is 0 Å². The van der Waals surface area contributed by atoms with Crippen LogP contribution < -0.4 is 0 Å². The summed E-state index contributed by atoms with van der Waals surface area (Å²) in [4.78, 5) is 0. The predicted molar refractivity (Wildman–Crippen MR) is 77.5 cm³/mol. The first kappa shape index (κ1) is 14.0. The van der Waals surface area contributed by atoms with E-state index in [-0.39, 0.29) is 0 Å². The number of hydrogen-bond acceptors (Lipinski definition) is 1. The minimum Gasteiger partial charge on any atom is -0.513 e. The lowest BCUT2D eigenvalue weighted by molar-refractivity contribution is 0.0970. The van der Waals surface area contributed by atoms with E-state index in [4.69, 9.17) is 0 Å². The summed E-state index contributed by atoms with van der Waals surface area (Å²) in [5.41, 5.74) is 0. The zero-order valence-electron chi connectivity index (χ0n) is 12.4. The Morgan fingerprint density at radius 1 is 1.17 bits per heavy atom. The number of hydrogen-bond donors (Lipinski definition) is 1. The van der Waals surface area contributed by atoms with Crippen LogP contribution in [0.1, 0.15) is 65.7 Å². The first-order valence-corrected chi connectivity index (χ1v) is 8.03. The van der Waals surface area contributed by atoms with Crippen molar-refractivity contribution in [3.05, 3.63) is 11.8 Å². The normalized spacial score (nSPS) is 41.5. The van der Waals surface area contributed by atoms with Crippen LogP contribution in [0.25, 0.3) is 0 Å². The molecule has 2 aliphatic carbocycles. The quantitative estimate of drug-likeness (QED) is 0.718. The Labute approximate surface area is 113 Å². The van der Waals surface area contributed by atoms with Crippen molar-refractivity contribution in [3.8, 4) is 0 Å². The molecular weight excluding hydrogens is 220 g/mol. The van der Waals surface area contributed by atoms with E-state index in [9.17, 15) is 5.11 Å². The zero-order chi connectivity index (χ0) is 13.1. The molecule has 2 aliphatic rings. The lowest BCUT2D eigenvalue weighted by atomic mass is 9.64. The summed E-state index contributed by atoms with van der Waals surface area (Å²) in [6, 6.07) is 0. The molecule has 5 atom stereocenters. The van der Waals surface area contributed by atoms with E-state index in [1.807, 2.05) is 0 Å².